The molecule has 1 aromatic heterocycles. The molecule has 0 spiro atoms. The number of nitrogens with zero attached hydrogens (tertiary/aromatic N) is 2. The first-order valence-electron chi connectivity index (χ1n) is 5.75. The van der Waals surface area contributed by atoms with E-state index in [4.69, 9.17) is 0 Å². The fourth-order valence-electron chi connectivity index (χ4n) is 2.38. The SMILES string of the molecule is CN1CCC(CN(C)Cc2ccc(Br)s2)C1. The van der Waals surface area contributed by atoms with Crippen molar-refractivity contribution in [2.75, 3.05) is 33.7 Å². The Morgan fingerprint density at radius 1 is 1.56 bits per heavy atom. The summed E-state index contributed by atoms with van der Waals surface area (Å²) >= 11 is 5.35. The third kappa shape index (κ3) is 3.55. The van der Waals surface area contributed by atoms with E-state index >= 15 is 0 Å². The molecule has 1 aliphatic rings. The first kappa shape index (κ1) is 12.6. The number of rotatable bonds is 4. The van der Waals surface area contributed by atoms with Crippen LogP contribution in [0.2, 0.25) is 0 Å². The summed E-state index contributed by atoms with van der Waals surface area (Å²) in [7, 11) is 4.45. The lowest BCUT2D eigenvalue weighted by Gasteiger charge is -2.20. The van der Waals surface area contributed by atoms with Gasteiger partial charge in [0.1, 0.15) is 0 Å². The lowest BCUT2D eigenvalue weighted by Crippen LogP contribution is -2.26. The van der Waals surface area contributed by atoms with E-state index < -0.39 is 0 Å². The van der Waals surface area contributed by atoms with Gasteiger partial charge in [-0.15, -0.1) is 11.3 Å². The van der Waals surface area contributed by atoms with E-state index in [1.54, 1.807) is 0 Å². The first-order valence-corrected chi connectivity index (χ1v) is 7.36. The number of thiophene rings is 1. The van der Waals surface area contributed by atoms with Crippen molar-refractivity contribution in [3.05, 3.63) is 20.8 Å². The van der Waals surface area contributed by atoms with E-state index in [9.17, 15) is 0 Å². The van der Waals surface area contributed by atoms with Gasteiger partial charge in [0.05, 0.1) is 3.79 Å². The summed E-state index contributed by atoms with van der Waals surface area (Å²) in [6.45, 7) is 4.83. The molecule has 4 heteroatoms. The van der Waals surface area contributed by atoms with E-state index in [1.807, 2.05) is 11.3 Å². The van der Waals surface area contributed by atoms with E-state index in [2.05, 4.69) is 52.0 Å². The number of hydrogen-bond acceptors (Lipinski definition) is 3. The minimum atomic E-state index is 0.860. The fourth-order valence-corrected chi connectivity index (χ4v) is 3.95. The molecule has 2 nitrogen and oxygen atoms in total. The Morgan fingerprint density at radius 2 is 2.38 bits per heavy atom. The summed E-state index contributed by atoms with van der Waals surface area (Å²) in [4.78, 5) is 6.32. The summed E-state index contributed by atoms with van der Waals surface area (Å²) in [5.41, 5.74) is 0. The molecule has 0 bridgehead atoms. The van der Waals surface area contributed by atoms with Crippen molar-refractivity contribution in [3.8, 4) is 0 Å². The van der Waals surface area contributed by atoms with Crippen LogP contribution in [0.1, 0.15) is 11.3 Å². The van der Waals surface area contributed by atoms with E-state index in [1.165, 1.54) is 34.7 Å². The molecule has 1 aromatic rings. The summed E-state index contributed by atoms with van der Waals surface area (Å²) in [6.07, 6.45) is 1.36. The molecule has 1 aliphatic heterocycles. The Morgan fingerprint density at radius 3 is 2.94 bits per heavy atom. The molecule has 0 amide bonds. The average Bonchev–Trinajstić information content (AvgIpc) is 2.76. The minimum Gasteiger partial charge on any atom is -0.306 e. The van der Waals surface area contributed by atoms with Crippen LogP contribution in [0.4, 0.5) is 0 Å². The van der Waals surface area contributed by atoms with Gasteiger partial charge in [0, 0.05) is 24.5 Å². The average molecular weight is 303 g/mol. The molecule has 2 rings (SSSR count). The third-order valence-corrected chi connectivity index (χ3v) is 4.72. The third-order valence-electron chi connectivity index (χ3n) is 3.11. The largest absolute Gasteiger partial charge is 0.306 e. The molecule has 0 N–H and O–H groups in total. The van der Waals surface area contributed by atoms with Crippen LogP contribution in [-0.4, -0.2) is 43.5 Å². The standard InChI is InChI=1S/C12H19BrN2S/c1-14-6-5-10(7-14)8-15(2)9-11-3-4-12(13)16-11/h3-4,10H,5-9H2,1-2H3. The lowest BCUT2D eigenvalue weighted by atomic mass is 10.1. The second kappa shape index (κ2) is 5.63. The molecule has 90 valence electrons. The zero-order valence-corrected chi connectivity index (χ0v) is 12.4. The zero-order valence-electron chi connectivity index (χ0n) is 9.95. The Hall–Kier alpha value is 0.1000. The van der Waals surface area contributed by atoms with Gasteiger partial charge in [-0.3, -0.25) is 0 Å². The van der Waals surface area contributed by atoms with Crippen LogP contribution in [0.5, 0.6) is 0 Å². The second-order valence-electron chi connectivity index (χ2n) is 4.82. The van der Waals surface area contributed by atoms with E-state index in [-0.39, 0.29) is 0 Å². The maximum Gasteiger partial charge on any atom is 0.0701 e. The molecule has 16 heavy (non-hydrogen) atoms. The van der Waals surface area contributed by atoms with Crippen LogP contribution < -0.4 is 0 Å². The van der Waals surface area contributed by atoms with Crippen LogP contribution in [0, 0.1) is 5.92 Å². The first-order chi connectivity index (χ1) is 7.63. The van der Waals surface area contributed by atoms with Crippen LogP contribution in [0.25, 0.3) is 0 Å². The monoisotopic (exact) mass is 302 g/mol. The number of likely N-dealkylation sites (tertiary alicyclic amines) is 1. The highest BCUT2D eigenvalue weighted by atomic mass is 79.9. The van der Waals surface area contributed by atoms with Crippen LogP contribution >= 0.6 is 27.3 Å². The van der Waals surface area contributed by atoms with Crippen LogP contribution in [0.3, 0.4) is 0 Å². The van der Waals surface area contributed by atoms with Gasteiger partial charge in [0.25, 0.3) is 0 Å². The molecule has 0 aromatic carbocycles. The Kier molecular flexibility index (Phi) is 4.41. The van der Waals surface area contributed by atoms with Crippen LogP contribution in [0.15, 0.2) is 15.9 Å². The molecule has 2 heterocycles. The maximum atomic E-state index is 3.51. The highest BCUT2D eigenvalue weighted by Crippen LogP contribution is 2.23. The molecule has 0 saturated carbocycles. The fraction of sp³-hybridized carbons (Fsp3) is 0.667. The summed E-state index contributed by atoms with van der Waals surface area (Å²) in [5, 5.41) is 0. The topological polar surface area (TPSA) is 6.48 Å². The molecule has 1 fully saturated rings. The van der Waals surface area contributed by atoms with Gasteiger partial charge < -0.3 is 9.80 Å². The van der Waals surface area contributed by atoms with Gasteiger partial charge in [-0.25, -0.2) is 0 Å². The van der Waals surface area contributed by atoms with Gasteiger partial charge in [-0.2, -0.15) is 0 Å². The van der Waals surface area contributed by atoms with Crippen molar-refractivity contribution in [1.82, 2.24) is 9.80 Å². The van der Waals surface area contributed by atoms with E-state index in [0.29, 0.717) is 0 Å². The van der Waals surface area contributed by atoms with Crippen molar-refractivity contribution in [3.63, 3.8) is 0 Å². The molecular weight excluding hydrogens is 284 g/mol. The van der Waals surface area contributed by atoms with Crippen molar-refractivity contribution >= 4 is 27.3 Å². The van der Waals surface area contributed by atoms with Gasteiger partial charge in [0.2, 0.25) is 0 Å². The Bertz CT molecular complexity index is 340. The molecule has 1 atom stereocenters. The highest BCUT2D eigenvalue weighted by Gasteiger charge is 2.20. The normalized spacial score (nSPS) is 22.1. The Labute approximate surface area is 110 Å². The lowest BCUT2D eigenvalue weighted by molar-refractivity contribution is 0.269. The quantitative estimate of drug-likeness (QED) is 0.844. The van der Waals surface area contributed by atoms with Crippen LogP contribution in [-0.2, 0) is 6.54 Å². The summed E-state index contributed by atoms with van der Waals surface area (Å²) < 4.78 is 1.23. The molecule has 0 radical (unpaired) electrons. The van der Waals surface area contributed by atoms with Gasteiger partial charge in [0.15, 0.2) is 0 Å². The smallest absolute Gasteiger partial charge is 0.0701 e. The van der Waals surface area contributed by atoms with Crippen molar-refractivity contribution in [2.24, 2.45) is 5.92 Å². The van der Waals surface area contributed by atoms with Gasteiger partial charge in [-0.1, -0.05) is 0 Å². The predicted octanol–water partition coefficient (Wildman–Crippen LogP) is 2.89. The van der Waals surface area contributed by atoms with Gasteiger partial charge in [-0.05, 0) is 61.0 Å². The molecule has 0 aliphatic carbocycles. The minimum absolute atomic E-state index is 0.860. The molecular formula is C12H19BrN2S. The molecule has 1 unspecified atom stereocenters. The number of halogens is 1. The van der Waals surface area contributed by atoms with Gasteiger partial charge >= 0.3 is 0 Å². The number of hydrogen-bond donors (Lipinski definition) is 0. The highest BCUT2D eigenvalue weighted by molar-refractivity contribution is 9.11. The molecule has 1 saturated heterocycles. The zero-order chi connectivity index (χ0) is 11.5. The van der Waals surface area contributed by atoms with Crippen molar-refractivity contribution in [2.45, 2.75) is 13.0 Å². The second-order valence-corrected chi connectivity index (χ2v) is 7.37. The summed E-state index contributed by atoms with van der Waals surface area (Å²) in [5.74, 6) is 0.860. The Balaban J connectivity index is 1.78. The summed E-state index contributed by atoms with van der Waals surface area (Å²) in [6, 6.07) is 4.35. The van der Waals surface area contributed by atoms with Crippen molar-refractivity contribution in [1.29, 1.82) is 0 Å². The predicted molar refractivity (Wildman–Crippen MR) is 74.0 cm³/mol. The van der Waals surface area contributed by atoms with Crippen molar-refractivity contribution < 1.29 is 0 Å². The maximum absolute atomic E-state index is 3.51. The van der Waals surface area contributed by atoms with E-state index in [0.717, 1.165) is 12.5 Å².